The van der Waals surface area contributed by atoms with Gasteiger partial charge in [-0.3, -0.25) is 9.59 Å². The SMILES string of the molecule is COCOc1cc(OCc2ccccc2)c2c(=O)cc(-c3ccc(OCCCc4cn(CCOCCOc5cccc(-c6oc7ccccc7c(=O)c6OCc6ccccc6)c5)nn4)cc3)oc2c1. The summed E-state index contributed by atoms with van der Waals surface area (Å²) < 4.78 is 55.1. The van der Waals surface area contributed by atoms with Crippen LogP contribution in [0.2, 0.25) is 0 Å². The highest BCUT2D eigenvalue weighted by molar-refractivity contribution is 5.86. The largest absolute Gasteiger partial charge is 0.494 e. The van der Waals surface area contributed by atoms with Gasteiger partial charge in [0.15, 0.2) is 18.0 Å². The van der Waals surface area contributed by atoms with Crippen molar-refractivity contribution in [1.29, 1.82) is 0 Å². The molecule has 14 heteroatoms. The Labute approximate surface area is 397 Å². The van der Waals surface area contributed by atoms with E-state index in [0.29, 0.717) is 107 Å². The maximum atomic E-state index is 13.6. The first kappa shape index (κ1) is 45.9. The van der Waals surface area contributed by atoms with Crippen molar-refractivity contribution in [3.05, 3.63) is 195 Å². The molecule has 350 valence electrons. The zero-order valence-electron chi connectivity index (χ0n) is 37.9. The third kappa shape index (κ3) is 11.9. The van der Waals surface area contributed by atoms with Crippen molar-refractivity contribution in [2.75, 3.05) is 40.3 Å². The number of fused-ring (bicyclic) bond motifs is 2. The van der Waals surface area contributed by atoms with Gasteiger partial charge in [0, 0.05) is 42.6 Å². The van der Waals surface area contributed by atoms with E-state index in [9.17, 15) is 9.59 Å². The second-order valence-corrected chi connectivity index (χ2v) is 15.9. The molecule has 9 aromatic rings. The number of para-hydroxylation sites is 1. The lowest BCUT2D eigenvalue weighted by Gasteiger charge is -2.13. The number of aryl methyl sites for hydroxylation is 1. The van der Waals surface area contributed by atoms with Gasteiger partial charge in [0.2, 0.25) is 11.2 Å². The number of ether oxygens (including phenoxy) is 7. The summed E-state index contributed by atoms with van der Waals surface area (Å²) in [6.07, 6.45) is 3.32. The fourth-order valence-electron chi connectivity index (χ4n) is 7.53. The van der Waals surface area contributed by atoms with Gasteiger partial charge in [-0.15, -0.1) is 5.10 Å². The molecule has 0 aliphatic carbocycles. The van der Waals surface area contributed by atoms with Crippen LogP contribution in [0.5, 0.6) is 28.7 Å². The number of hydrogen-bond acceptors (Lipinski definition) is 13. The van der Waals surface area contributed by atoms with Crippen LogP contribution in [0.4, 0.5) is 0 Å². The van der Waals surface area contributed by atoms with Crippen LogP contribution >= 0.6 is 0 Å². The van der Waals surface area contributed by atoms with Gasteiger partial charge in [-0.05, 0) is 72.5 Å². The standard InChI is InChI=1S/C55H49N3O11/c1-61-37-67-45-31-50(65-35-38-12-4-2-5-13-38)52-47(59)33-49(68-51(52)32-45)40-21-23-43(24-22-40)63-26-11-17-42-34-58(57-56-42)25-27-62-28-29-64-44-18-10-16-41(30-44)54-55(66-36-39-14-6-3-7-15-39)53(60)46-19-8-9-20-48(46)69-54/h2-10,12-16,18-24,30-34H,11,17,25-29,35-37H2,1H3. The molecule has 14 nitrogen and oxygen atoms in total. The quantitative estimate of drug-likeness (QED) is 0.0442. The third-order valence-electron chi connectivity index (χ3n) is 11.0. The van der Waals surface area contributed by atoms with Crippen LogP contribution in [-0.2, 0) is 35.7 Å². The van der Waals surface area contributed by atoms with Crippen molar-refractivity contribution in [3.63, 3.8) is 0 Å². The van der Waals surface area contributed by atoms with Crippen molar-refractivity contribution < 1.29 is 42.0 Å². The highest BCUT2D eigenvalue weighted by Crippen LogP contribution is 2.35. The maximum Gasteiger partial charge on any atom is 0.235 e. The van der Waals surface area contributed by atoms with Crippen molar-refractivity contribution in [3.8, 4) is 51.4 Å². The van der Waals surface area contributed by atoms with E-state index in [2.05, 4.69) is 10.3 Å². The van der Waals surface area contributed by atoms with Gasteiger partial charge < -0.3 is 42.0 Å². The van der Waals surface area contributed by atoms with Crippen LogP contribution in [-0.4, -0.2) is 55.3 Å². The molecule has 3 aromatic heterocycles. The molecule has 0 spiro atoms. The second kappa shape index (κ2) is 22.5. The molecule has 0 N–H and O–H groups in total. The predicted molar refractivity (Wildman–Crippen MR) is 260 cm³/mol. The Balaban J connectivity index is 0.719. The molecule has 0 aliphatic heterocycles. The first-order valence-electron chi connectivity index (χ1n) is 22.5. The van der Waals surface area contributed by atoms with E-state index in [1.807, 2.05) is 121 Å². The van der Waals surface area contributed by atoms with Crippen molar-refractivity contribution in [1.82, 2.24) is 15.0 Å². The zero-order chi connectivity index (χ0) is 47.2. The number of benzene rings is 6. The summed E-state index contributed by atoms with van der Waals surface area (Å²) in [4.78, 5) is 27.1. The third-order valence-corrected chi connectivity index (χ3v) is 11.0. The summed E-state index contributed by atoms with van der Waals surface area (Å²) in [5.74, 6) is 2.97. The van der Waals surface area contributed by atoms with Gasteiger partial charge in [-0.2, -0.15) is 0 Å². The fourth-order valence-corrected chi connectivity index (χ4v) is 7.53. The van der Waals surface area contributed by atoms with Crippen LogP contribution < -0.4 is 34.5 Å². The molecule has 69 heavy (non-hydrogen) atoms. The van der Waals surface area contributed by atoms with Crippen LogP contribution in [0.1, 0.15) is 23.2 Å². The molecule has 0 saturated heterocycles. The molecule has 6 aromatic carbocycles. The lowest BCUT2D eigenvalue weighted by molar-refractivity contribution is 0.0510. The van der Waals surface area contributed by atoms with E-state index >= 15 is 0 Å². The summed E-state index contributed by atoms with van der Waals surface area (Å²) >= 11 is 0. The Morgan fingerprint density at radius 3 is 2.14 bits per heavy atom. The van der Waals surface area contributed by atoms with E-state index < -0.39 is 0 Å². The lowest BCUT2D eigenvalue weighted by Crippen LogP contribution is -2.12. The van der Waals surface area contributed by atoms with E-state index in [-0.39, 0.29) is 36.6 Å². The number of hydrogen-bond donors (Lipinski definition) is 0. The molecule has 0 unspecified atom stereocenters. The van der Waals surface area contributed by atoms with Gasteiger partial charge in [-0.25, -0.2) is 4.68 Å². The smallest absolute Gasteiger partial charge is 0.235 e. The van der Waals surface area contributed by atoms with Gasteiger partial charge in [0.05, 0.1) is 37.4 Å². The fraction of sp³-hybridized carbons (Fsp3) is 0.200. The molecule has 0 amide bonds. The number of nitrogens with zero attached hydrogens (tertiary/aromatic N) is 3. The highest BCUT2D eigenvalue weighted by atomic mass is 16.7. The van der Waals surface area contributed by atoms with E-state index in [0.717, 1.165) is 23.2 Å². The minimum absolute atomic E-state index is 0.0239. The zero-order valence-corrected chi connectivity index (χ0v) is 37.9. The summed E-state index contributed by atoms with van der Waals surface area (Å²) in [5, 5.41) is 9.34. The first-order chi connectivity index (χ1) is 34.0. The molecule has 0 radical (unpaired) electrons. The topological polar surface area (TPSA) is 156 Å². The van der Waals surface area contributed by atoms with E-state index in [1.54, 1.807) is 35.0 Å². The van der Waals surface area contributed by atoms with Crippen LogP contribution in [0.15, 0.2) is 176 Å². The molecule has 9 rings (SSSR count). The minimum Gasteiger partial charge on any atom is -0.494 e. The lowest BCUT2D eigenvalue weighted by atomic mass is 10.1. The Kier molecular flexibility index (Phi) is 15.0. The normalized spacial score (nSPS) is 11.2. The summed E-state index contributed by atoms with van der Waals surface area (Å²) in [6, 6.07) is 46.1. The van der Waals surface area contributed by atoms with Crippen LogP contribution in [0.25, 0.3) is 44.6 Å². The molecule has 0 saturated carbocycles. The highest BCUT2D eigenvalue weighted by Gasteiger charge is 2.19. The van der Waals surface area contributed by atoms with Crippen molar-refractivity contribution in [2.24, 2.45) is 0 Å². The minimum atomic E-state index is -0.237. The van der Waals surface area contributed by atoms with Gasteiger partial charge in [0.25, 0.3) is 0 Å². The first-order valence-corrected chi connectivity index (χ1v) is 22.5. The molecule has 0 bridgehead atoms. The average molecular weight is 928 g/mol. The summed E-state index contributed by atoms with van der Waals surface area (Å²) in [7, 11) is 1.53. The van der Waals surface area contributed by atoms with Crippen molar-refractivity contribution in [2.45, 2.75) is 32.6 Å². The maximum absolute atomic E-state index is 13.6. The van der Waals surface area contributed by atoms with Crippen LogP contribution in [0.3, 0.4) is 0 Å². The molecule has 0 aliphatic rings. The van der Waals surface area contributed by atoms with Crippen LogP contribution in [0, 0.1) is 0 Å². The second-order valence-electron chi connectivity index (χ2n) is 15.9. The molecular weight excluding hydrogens is 879 g/mol. The van der Waals surface area contributed by atoms with E-state index in [4.69, 9.17) is 42.0 Å². The molecule has 0 fully saturated rings. The molecule has 3 heterocycles. The van der Waals surface area contributed by atoms with Gasteiger partial charge in [0.1, 0.15) is 65.1 Å². The average Bonchev–Trinajstić information content (AvgIpc) is 3.85. The Hall–Kier alpha value is -8.20. The number of methoxy groups -OCH3 is 1. The number of aromatic nitrogens is 3. The Morgan fingerprint density at radius 1 is 0.594 bits per heavy atom. The van der Waals surface area contributed by atoms with E-state index in [1.165, 1.54) is 13.2 Å². The Bertz CT molecular complexity index is 3230. The van der Waals surface area contributed by atoms with Gasteiger partial charge in [-0.1, -0.05) is 90.1 Å². The predicted octanol–water partition coefficient (Wildman–Crippen LogP) is 10.1. The Morgan fingerprint density at radius 2 is 1.35 bits per heavy atom. The molecular formula is C55H49N3O11. The summed E-state index contributed by atoms with van der Waals surface area (Å²) in [6.45, 7) is 2.60. The van der Waals surface area contributed by atoms with Crippen molar-refractivity contribution >= 4 is 21.9 Å². The van der Waals surface area contributed by atoms with Gasteiger partial charge >= 0.3 is 0 Å². The monoisotopic (exact) mass is 927 g/mol. The summed E-state index contributed by atoms with van der Waals surface area (Å²) in [5.41, 5.74) is 4.44. The molecule has 0 atom stereocenters. The number of rotatable bonds is 23.